The molecular formula is C8H7O4Zr. The molecule has 13 heavy (non-hydrogen) atoms. The van der Waals surface area contributed by atoms with E-state index in [2.05, 4.69) is 0 Å². The van der Waals surface area contributed by atoms with E-state index in [-0.39, 0.29) is 12.0 Å². The average molecular weight is 258 g/mol. The molecule has 0 heterocycles. The molecule has 0 amide bonds. The minimum absolute atomic E-state index is 0.166. The molecule has 0 radical (unpaired) electrons. The van der Waals surface area contributed by atoms with Gasteiger partial charge in [0.1, 0.15) is 0 Å². The van der Waals surface area contributed by atoms with Gasteiger partial charge in [-0.25, -0.2) is 0 Å². The van der Waals surface area contributed by atoms with Gasteiger partial charge in [-0.3, -0.25) is 0 Å². The molecule has 5 heteroatoms. The predicted octanol–water partition coefficient (Wildman–Crippen LogP) is 0.747. The Hall–Kier alpha value is -0.697. The third-order valence-corrected chi connectivity index (χ3v) is 3.26. The van der Waals surface area contributed by atoms with Crippen LogP contribution in [0.2, 0.25) is 3.12 Å². The quantitative estimate of drug-likeness (QED) is 0.766. The van der Waals surface area contributed by atoms with Crippen LogP contribution in [0.25, 0.3) is 0 Å². The second-order valence-electron chi connectivity index (χ2n) is 2.78. The summed E-state index contributed by atoms with van der Waals surface area (Å²) in [5.74, 6) is -1.91. The van der Waals surface area contributed by atoms with Gasteiger partial charge < -0.3 is 0 Å². The van der Waals surface area contributed by atoms with Crippen LogP contribution in [0.4, 0.5) is 0 Å². The first-order valence-electron chi connectivity index (χ1n) is 3.57. The SMILES string of the molecule is O=C(O)C1=CC[C]([Zr])(C(=O)O)C=C1. The molecule has 2 N–H and O–H groups in total. The number of hydrogen-bond donors (Lipinski definition) is 2. The number of allylic oxidation sites excluding steroid dienone is 1. The summed E-state index contributed by atoms with van der Waals surface area (Å²) in [6, 6.07) is 0. The van der Waals surface area contributed by atoms with Crippen molar-refractivity contribution in [3.05, 3.63) is 23.8 Å². The number of carbonyl (C=O) groups is 2. The van der Waals surface area contributed by atoms with E-state index in [4.69, 9.17) is 10.2 Å². The molecule has 1 rings (SSSR count). The molecule has 0 aromatic rings. The van der Waals surface area contributed by atoms with E-state index in [0.29, 0.717) is 0 Å². The van der Waals surface area contributed by atoms with E-state index < -0.39 is 15.1 Å². The van der Waals surface area contributed by atoms with Gasteiger partial charge in [-0.1, -0.05) is 0 Å². The van der Waals surface area contributed by atoms with E-state index >= 15 is 0 Å². The van der Waals surface area contributed by atoms with Crippen LogP contribution in [-0.2, 0) is 34.3 Å². The molecule has 0 saturated carbocycles. The van der Waals surface area contributed by atoms with Crippen LogP contribution >= 0.6 is 0 Å². The average Bonchev–Trinajstić information content (AvgIpc) is 2.04. The fraction of sp³-hybridized carbons (Fsp3) is 0.250. The second kappa shape index (κ2) is 3.58. The van der Waals surface area contributed by atoms with Crippen LogP contribution in [0, 0.1) is 0 Å². The molecule has 1 aliphatic rings. The third kappa shape index (κ3) is 2.16. The Bertz CT molecular complexity index is 318. The fourth-order valence-electron chi connectivity index (χ4n) is 0.956. The van der Waals surface area contributed by atoms with Crippen LogP contribution in [0.15, 0.2) is 23.8 Å². The van der Waals surface area contributed by atoms with Crippen molar-refractivity contribution >= 4 is 11.9 Å². The molecule has 0 bridgehead atoms. The van der Waals surface area contributed by atoms with E-state index in [1.807, 2.05) is 0 Å². The first-order valence-corrected chi connectivity index (χ1v) is 4.80. The van der Waals surface area contributed by atoms with Crippen LogP contribution in [0.1, 0.15) is 6.42 Å². The van der Waals surface area contributed by atoms with Crippen molar-refractivity contribution in [2.24, 2.45) is 0 Å². The summed E-state index contributed by atoms with van der Waals surface area (Å²) in [5, 5.41) is 17.4. The Kier molecular flexibility index (Phi) is 2.86. The number of aliphatic carboxylic acids is 2. The molecule has 67 valence electrons. The van der Waals surface area contributed by atoms with Crippen LogP contribution in [0.5, 0.6) is 0 Å². The summed E-state index contributed by atoms with van der Waals surface area (Å²) in [7, 11) is 0. The molecule has 0 spiro atoms. The maximum absolute atomic E-state index is 10.7. The zero-order valence-corrected chi connectivity index (χ0v) is 9.11. The van der Waals surface area contributed by atoms with Crippen LogP contribution in [0.3, 0.4) is 0 Å². The molecular weight excluding hydrogens is 251 g/mol. The Morgan fingerprint density at radius 2 is 2.08 bits per heavy atom. The van der Waals surface area contributed by atoms with Crippen molar-refractivity contribution in [2.75, 3.05) is 0 Å². The van der Waals surface area contributed by atoms with Crippen molar-refractivity contribution in [2.45, 2.75) is 9.54 Å². The maximum atomic E-state index is 10.7. The molecule has 0 fully saturated rings. The summed E-state index contributed by atoms with van der Waals surface area (Å²) in [4.78, 5) is 21.2. The second-order valence-corrected chi connectivity index (χ2v) is 4.97. The van der Waals surface area contributed by atoms with Gasteiger partial charge in [0.25, 0.3) is 0 Å². The number of carboxylic acids is 2. The van der Waals surface area contributed by atoms with Crippen molar-refractivity contribution in [3.8, 4) is 0 Å². The van der Waals surface area contributed by atoms with Gasteiger partial charge in [-0.2, -0.15) is 0 Å². The Morgan fingerprint density at radius 1 is 1.46 bits per heavy atom. The van der Waals surface area contributed by atoms with Gasteiger partial charge in [0.2, 0.25) is 0 Å². The van der Waals surface area contributed by atoms with Gasteiger partial charge in [0.15, 0.2) is 0 Å². The molecule has 0 aromatic heterocycles. The van der Waals surface area contributed by atoms with E-state index in [0.717, 1.165) is 24.7 Å². The van der Waals surface area contributed by atoms with Crippen LogP contribution < -0.4 is 0 Å². The van der Waals surface area contributed by atoms with Crippen molar-refractivity contribution in [3.63, 3.8) is 0 Å². The number of hydrogen-bond acceptors (Lipinski definition) is 2. The summed E-state index contributed by atoms with van der Waals surface area (Å²) in [5.41, 5.74) is 0.166. The normalized spacial score (nSPS) is 26.5. The zero-order valence-electron chi connectivity index (χ0n) is 6.65. The van der Waals surface area contributed by atoms with Crippen molar-refractivity contribution < 1.29 is 44.5 Å². The van der Waals surface area contributed by atoms with E-state index in [1.165, 1.54) is 18.2 Å². The topological polar surface area (TPSA) is 74.6 Å². The molecule has 0 saturated heterocycles. The third-order valence-electron chi connectivity index (χ3n) is 1.82. The molecule has 4 nitrogen and oxygen atoms in total. The van der Waals surface area contributed by atoms with Gasteiger partial charge in [0, 0.05) is 0 Å². The Balaban J connectivity index is 2.85. The minimum atomic E-state index is -1.01. The predicted molar refractivity (Wildman–Crippen MR) is 39.8 cm³/mol. The molecule has 0 aliphatic heterocycles. The summed E-state index contributed by atoms with van der Waals surface area (Å²) >= 11 is 0.857. The Morgan fingerprint density at radius 3 is 2.38 bits per heavy atom. The first-order chi connectivity index (χ1) is 5.96. The van der Waals surface area contributed by atoms with Gasteiger partial charge in [0.05, 0.1) is 0 Å². The Labute approximate surface area is 89.8 Å². The van der Waals surface area contributed by atoms with Crippen molar-refractivity contribution in [1.82, 2.24) is 0 Å². The first kappa shape index (κ1) is 10.4. The summed E-state index contributed by atoms with van der Waals surface area (Å²) in [6.45, 7) is 0. The summed E-state index contributed by atoms with van der Waals surface area (Å²) in [6.07, 6.45) is 4.52. The standard InChI is InChI=1S/C8H7O4.Zr/c9-7(10)5-1-2-6(4-3-5)8(11)12;/h1-3H,4H2,(H,9,10)(H,11,12);. The molecule has 1 aliphatic carbocycles. The van der Waals surface area contributed by atoms with E-state index in [1.54, 1.807) is 0 Å². The fourth-order valence-corrected chi connectivity index (χ4v) is 1.41. The molecule has 1 atom stereocenters. The van der Waals surface area contributed by atoms with Gasteiger partial charge in [-0.05, 0) is 0 Å². The summed E-state index contributed by atoms with van der Waals surface area (Å²) < 4.78 is -0.869. The van der Waals surface area contributed by atoms with Gasteiger partial charge >= 0.3 is 89.8 Å². The zero-order chi connectivity index (χ0) is 10.1. The number of rotatable bonds is 2. The monoisotopic (exact) mass is 257 g/mol. The number of carboxylic acid groups (broad SMARTS) is 2. The van der Waals surface area contributed by atoms with Crippen LogP contribution in [-0.4, -0.2) is 22.2 Å². The van der Waals surface area contributed by atoms with Gasteiger partial charge in [-0.15, -0.1) is 0 Å². The van der Waals surface area contributed by atoms with Crippen molar-refractivity contribution in [1.29, 1.82) is 0 Å². The van der Waals surface area contributed by atoms with E-state index in [9.17, 15) is 9.59 Å². The molecule has 0 aromatic carbocycles. The molecule has 1 unspecified atom stereocenters.